The van der Waals surface area contributed by atoms with Crippen molar-refractivity contribution in [3.63, 3.8) is 0 Å². The SMILES string of the molecule is CCCCCCCCCCCCCCCC[n+]1ccc(O)cc1.[Cl-]. The fourth-order valence-electron chi connectivity index (χ4n) is 3.09. The van der Waals surface area contributed by atoms with Gasteiger partial charge in [0.15, 0.2) is 12.4 Å². The van der Waals surface area contributed by atoms with Gasteiger partial charge in [-0.1, -0.05) is 84.0 Å². The van der Waals surface area contributed by atoms with E-state index in [0.717, 1.165) is 6.54 Å². The Hall–Kier alpha value is -0.760. The summed E-state index contributed by atoms with van der Waals surface area (Å²) in [6.07, 6.45) is 23.6. The lowest BCUT2D eigenvalue weighted by molar-refractivity contribution is -0.697. The molecule has 1 aromatic rings. The number of aromatic hydroxyl groups is 1. The van der Waals surface area contributed by atoms with Gasteiger partial charge in [0.2, 0.25) is 0 Å². The van der Waals surface area contributed by atoms with E-state index in [2.05, 4.69) is 11.5 Å². The smallest absolute Gasteiger partial charge is 0.172 e. The average Bonchev–Trinajstić information content (AvgIpc) is 2.57. The molecule has 0 bridgehead atoms. The number of hydrogen-bond acceptors (Lipinski definition) is 1. The van der Waals surface area contributed by atoms with E-state index in [0.29, 0.717) is 5.75 Å². The normalized spacial score (nSPS) is 10.5. The van der Waals surface area contributed by atoms with Gasteiger partial charge in [-0.05, 0) is 6.42 Å². The summed E-state index contributed by atoms with van der Waals surface area (Å²) >= 11 is 0. The van der Waals surface area contributed by atoms with Crippen LogP contribution in [-0.2, 0) is 6.54 Å². The van der Waals surface area contributed by atoms with E-state index in [4.69, 9.17) is 0 Å². The number of unbranched alkanes of at least 4 members (excludes halogenated alkanes) is 13. The highest BCUT2D eigenvalue weighted by atomic mass is 35.5. The van der Waals surface area contributed by atoms with Crippen LogP contribution in [0.4, 0.5) is 0 Å². The second kappa shape index (κ2) is 17.1. The molecule has 3 heteroatoms. The molecule has 0 aliphatic carbocycles. The topological polar surface area (TPSA) is 24.1 Å². The van der Waals surface area contributed by atoms with Crippen molar-refractivity contribution < 1.29 is 22.1 Å². The van der Waals surface area contributed by atoms with Crippen LogP contribution in [0.15, 0.2) is 24.5 Å². The molecule has 0 fully saturated rings. The quantitative estimate of drug-likeness (QED) is 0.379. The van der Waals surface area contributed by atoms with Crippen molar-refractivity contribution in [3.8, 4) is 5.75 Å². The Bertz CT molecular complexity index is 367. The number of nitrogens with zero attached hydrogens (tertiary/aromatic N) is 1. The molecule has 0 unspecified atom stereocenters. The Morgan fingerprint density at radius 3 is 1.46 bits per heavy atom. The Morgan fingerprint density at radius 2 is 1.04 bits per heavy atom. The number of hydrogen-bond donors (Lipinski definition) is 1. The summed E-state index contributed by atoms with van der Waals surface area (Å²) in [5, 5.41) is 9.24. The fourth-order valence-corrected chi connectivity index (χ4v) is 3.09. The van der Waals surface area contributed by atoms with Gasteiger partial charge in [0.25, 0.3) is 0 Å². The zero-order valence-corrected chi connectivity index (χ0v) is 16.4. The van der Waals surface area contributed by atoms with Gasteiger partial charge in [-0.25, -0.2) is 4.57 Å². The van der Waals surface area contributed by atoms with E-state index in [1.54, 1.807) is 12.1 Å². The van der Waals surface area contributed by atoms with E-state index in [9.17, 15) is 5.11 Å². The summed E-state index contributed by atoms with van der Waals surface area (Å²) in [6.45, 7) is 3.35. The van der Waals surface area contributed by atoms with Crippen molar-refractivity contribution in [3.05, 3.63) is 24.5 Å². The molecule has 2 nitrogen and oxygen atoms in total. The van der Waals surface area contributed by atoms with Crippen LogP contribution in [0, 0.1) is 0 Å². The maximum Gasteiger partial charge on any atom is 0.172 e. The molecule has 0 radical (unpaired) electrons. The molecule has 1 N–H and O–H groups in total. The van der Waals surface area contributed by atoms with E-state index in [-0.39, 0.29) is 12.4 Å². The van der Waals surface area contributed by atoms with Crippen molar-refractivity contribution in [1.29, 1.82) is 0 Å². The molecule has 0 aliphatic rings. The van der Waals surface area contributed by atoms with Gasteiger partial charge in [0.1, 0.15) is 12.3 Å². The molecule has 140 valence electrons. The van der Waals surface area contributed by atoms with Gasteiger partial charge < -0.3 is 17.5 Å². The molecule has 0 aromatic carbocycles. The Kier molecular flexibility index (Phi) is 16.5. The Labute approximate surface area is 156 Å². The summed E-state index contributed by atoms with van der Waals surface area (Å²) in [5.41, 5.74) is 0. The van der Waals surface area contributed by atoms with Crippen LogP contribution in [0.1, 0.15) is 96.8 Å². The third-order valence-electron chi connectivity index (χ3n) is 4.64. The predicted molar refractivity (Wildman–Crippen MR) is 98.6 cm³/mol. The zero-order valence-electron chi connectivity index (χ0n) is 15.7. The second-order valence-electron chi connectivity index (χ2n) is 6.89. The molecule has 1 rings (SSSR count). The van der Waals surface area contributed by atoms with E-state index in [1.807, 2.05) is 12.4 Å². The number of rotatable bonds is 15. The van der Waals surface area contributed by atoms with Gasteiger partial charge in [0, 0.05) is 18.6 Å². The van der Waals surface area contributed by atoms with Crippen LogP contribution in [-0.4, -0.2) is 5.11 Å². The third-order valence-corrected chi connectivity index (χ3v) is 4.64. The van der Waals surface area contributed by atoms with Crippen molar-refractivity contribution in [2.24, 2.45) is 0 Å². The molecule has 0 aliphatic heterocycles. The van der Waals surface area contributed by atoms with E-state index in [1.165, 1.54) is 89.9 Å². The maximum absolute atomic E-state index is 9.24. The van der Waals surface area contributed by atoms with Crippen LogP contribution in [0.2, 0.25) is 0 Å². The molecule has 0 atom stereocenters. The molecule has 0 saturated heterocycles. The lowest BCUT2D eigenvalue weighted by Crippen LogP contribution is -3.00. The minimum Gasteiger partial charge on any atom is -1.00 e. The van der Waals surface area contributed by atoms with Crippen molar-refractivity contribution >= 4 is 0 Å². The van der Waals surface area contributed by atoms with Gasteiger partial charge in [-0.3, -0.25) is 0 Å². The van der Waals surface area contributed by atoms with Crippen LogP contribution in [0.25, 0.3) is 0 Å². The van der Waals surface area contributed by atoms with Crippen LogP contribution in [0.5, 0.6) is 5.75 Å². The number of aromatic nitrogens is 1. The summed E-state index contributed by atoms with van der Waals surface area (Å²) in [4.78, 5) is 0. The second-order valence-corrected chi connectivity index (χ2v) is 6.89. The first-order valence-corrected chi connectivity index (χ1v) is 10.0. The summed E-state index contributed by atoms with van der Waals surface area (Å²) in [5.74, 6) is 0.349. The molecule has 1 aromatic heterocycles. The predicted octanol–water partition coefficient (Wildman–Crippen LogP) is 3.17. The lowest BCUT2D eigenvalue weighted by atomic mass is 10.0. The number of aryl methyl sites for hydroxylation is 1. The first-order valence-electron chi connectivity index (χ1n) is 10.0. The van der Waals surface area contributed by atoms with Gasteiger partial charge in [-0.2, -0.15) is 0 Å². The molecule has 0 amide bonds. The maximum atomic E-state index is 9.24. The summed E-state index contributed by atoms with van der Waals surface area (Å²) < 4.78 is 2.15. The minimum absolute atomic E-state index is 0. The Morgan fingerprint density at radius 1 is 0.667 bits per heavy atom. The molecular weight excluding hydrogens is 318 g/mol. The van der Waals surface area contributed by atoms with E-state index >= 15 is 0 Å². The molecular formula is C21H38ClNO. The minimum atomic E-state index is 0. The van der Waals surface area contributed by atoms with Crippen LogP contribution in [0.3, 0.4) is 0 Å². The monoisotopic (exact) mass is 355 g/mol. The van der Waals surface area contributed by atoms with Gasteiger partial charge in [-0.15, -0.1) is 0 Å². The van der Waals surface area contributed by atoms with Gasteiger partial charge in [0.05, 0.1) is 0 Å². The number of pyridine rings is 1. The van der Waals surface area contributed by atoms with Crippen molar-refractivity contribution in [1.82, 2.24) is 0 Å². The highest BCUT2D eigenvalue weighted by Crippen LogP contribution is 2.12. The standard InChI is InChI=1S/C21H37NO.ClH/c1-2-3-4-5-6-7-8-9-10-11-12-13-14-15-18-22-19-16-21(23)17-20-22;/h16-17,19-20H,2-15,18H2,1H3;1H. The van der Waals surface area contributed by atoms with Crippen LogP contribution >= 0.6 is 0 Å². The van der Waals surface area contributed by atoms with Crippen molar-refractivity contribution in [2.45, 2.75) is 103 Å². The van der Waals surface area contributed by atoms with Gasteiger partial charge >= 0.3 is 0 Å². The molecule has 1 heterocycles. The molecule has 24 heavy (non-hydrogen) atoms. The molecule has 0 spiro atoms. The molecule has 0 saturated carbocycles. The fraction of sp³-hybridized carbons (Fsp3) is 0.762. The van der Waals surface area contributed by atoms with Crippen molar-refractivity contribution in [2.75, 3.05) is 0 Å². The Balaban J connectivity index is 0.00000529. The highest BCUT2D eigenvalue weighted by molar-refractivity contribution is 5.11. The van der Waals surface area contributed by atoms with E-state index < -0.39 is 0 Å². The largest absolute Gasteiger partial charge is 1.00 e. The summed E-state index contributed by atoms with van der Waals surface area (Å²) in [7, 11) is 0. The highest BCUT2D eigenvalue weighted by Gasteiger charge is 2.00. The van der Waals surface area contributed by atoms with Crippen LogP contribution < -0.4 is 17.0 Å². The lowest BCUT2D eigenvalue weighted by Gasteiger charge is -2.03. The number of halogens is 1. The first kappa shape index (κ1) is 23.2. The summed E-state index contributed by atoms with van der Waals surface area (Å²) in [6, 6.07) is 3.51. The average molecular weight is 356 g/mol. The zero-order chi connectivity index (χ0) is 16.6. The first-order chi connectivity index (χ1) is 11.3. The third kappa shape index (κ3) is 13.7.